The van der Waals surface area contributed by atoms with Crippen LogP contribution in [0, 0.1) is 13.8 Å². The largest absolute Gasteiger partial charge is 0.506 e. The van der Waals surface area contributed by atoms with Crippen LogP contribution < -0.4 is 5.32 Å². The summed E-state index contributed by atoms with van der Waals surface area (Å²) in [4.78, 5) is 11.4. The lowest BCUT2D eigenvalue weighted by atomic mass is 10.2. The predicted octanol–water partition coefficient (Wildman–Crippen LogP) is 4.32. The van der Waals surface area contributed by atoms with Crippen LogP contribution in [0.3, 0.4) is 0 Å². The van der Waals surface area contributed by atoms with Gasteiger partial charge in [-0.2, -0.15) is 0 Å². The molecular weight excluding hydrogens is 282 g/mol. The summed E-state index contributed by atoms with van der Waals surface area (Å²) in [7, 11) is 0. The average Bonchev–Trinajstić information content (AvgIpc) is 2.76. The van der Waals surface area contributed by atoms with Gasteiger partial charge in [-0.05, 0) is 31.5 Å². The normalized spacial score (nSPS) is 11.0. The van der Waals surface area contributed by atoms with Gasteiger partial charge >= 0.3 is 0 Å². The zero-order chi connectivity index (χ0) is 15.0. The zero-order valence-corrected chi connectivity index (χ0v) is 13.1. The first-order chi connectivity index (χ1) is 10.1. The Bertz CT molecular complexity index is 811. The third kappa shape index (κ3) is 2.45. The molecule has 21 heavy (non-hydrogen) atoms. The van der Waals surface area contributed by atoms with Crippen LogP contribution >= 0.6 is 11.3 Å². The highest BCUT2D eigenvalue weighted by Gasteiger charge is 2.15. The highest BCUT2D eigenvalue weighted by molar-refractivity contribution is 7.18. The van der Waals surface area contributed by atoms with Gasteiger partial charge in [-0.3, -0.25) is 0 Å². The van der Waals surface area contributed by atoms with Crippen molar-refractivity contribution >= 4 is 33.1 Å². The van der Waals surface area contributed by atoms with Gasteiger partial charge in [-0.25, -0.2) is 9.97 Å². The monoisotopic (exact) mass is 299 g/mol. The molecule has 3 rings (SSSR count). The molecule has 0 bridgehead atoms. The molecule has 0 atom stereocenters. The quantitative estimate of drug-likeness (QED) is 0.707. The topological polar surface area (TPSA) is 58.0 Å². The van der Waals surface area contributed by atoms with Crippen molar-refractivity contribution in [3.63, 3.8) is 0 Å². The van der Waals surface area contributed by atoms with Crippen LogP contribution in [0.25, 0.3) is 10.2 Å². The molecule has 2 heterocycles. The van der Waals surface area contributed by atoms with Crippen LogP contribution in [-0.4, -0.2) is 15.1 Å². The van der Waals surface area contributed by atoms with Gasteiger partial charge in [0.25, 0.3) is 0 Å². The van der Waals surface area contributed by atoms with Gasteiger partial charge in [0.2, 0.25) is 0 Å². The van der Waals surface area contributed by atoms with E-state index in [0.717, 1.165) is 28.3 Å². The van der Waals surface area contributed by atoms with Crippen LogP contribution in [0.5, 0.6) is 5.75 Å². The summed E-state index contributed by atoms with van der Waals surface area (Å²) in [5.41, 5.74) is 1.85. The number of hydrogen-bond acceptors (Lipinski definition) is 5. The number of rotatable bonds is 3. The Hall–Kier alpha value is -2.14. The van der Waals surface area contributed by atoms with E-state index in [1.807, 2.05) is 19.1 Å². The van der Waals surface area contributed by atoms with E-state index in [1.54, 1.807) is 23.5 Å². The molecule has 108 valence electrons. The smallest absolute Gasteiger partial charge is 0.143 e. The van der Waals surface area contributed by atoms with Crippen LogP contribution in [-0.2, 0) is 6.42 Å². The molecule has 0 saturated carbocycles. The SMILES string of the molecule is CCc1nc(Nc2ccccc2O)c2c(C)c(C)sc2n1. The molecule has 0 radical (unpaired) electrons. The first kappa shape index (κ1) is 13.8. The van der Waals surface area contributed by atoms with Crippen molar-refractivity contribution in [3.05, 3.63) is 40.5 Å². The van der Waals surface area contributed by atoms with Crippen molar-refractivity contribution in [2.24, 2.45) is 0 Å². The van der Waals surface area contributed by atoms with E-state index >= 15 is 0 Å². The number of aryl methyl sites for hydroxylation is 3. The fourth-order valence-corrected chi connectivity index (χ4v) is 3.30. The lowest BCUT2D eigenvalue weighted by molar-refractivity contribution is 0.477. The van der Waals surface area contributed by atoms with Gasteiger partial charge < -0.3 is 10.4 Å². The molecule has 0 aliphatic rings. The first-order valence-corrected chi connectivity index (χ1v) is 7.73. The number of fused-ring (bicyclic) bond motifs is 1. The second-order valence-corrected chi connectivity index (χ2v) is 6.15. The van der Waals surface area contributed by atoms with Crippen molar-refractivity contribution < 1.29 is 5.11 Å². The third-order valence-corrected chi connectivity index (χ3v) is 4.65. The Morgan fingerprint density at radius 1 is 1.19 bits per heavy atom. The molecule has 0 saturated heterocycles. The molecule has 0 unspecified atom stereocenters. The summed E-state index contributed by atoms with van der Waals surface area (Å²) in [6.07, 6.45) is 0.779. The molecule has 3 aromatic rings. The lowest BCUT2D eigenvalue weighted by Crippen LogP contribution is -2.00. The summed E-state index contributed by atoms with van der Waals surface area (Å²) >= 11 is 1.68. The lowest BCUT2D eigenvalue weighted by Gasteiger charge is -2.10. The summed E-state index contributed by atoms with van der Waals surface area (Å²) in [5.74, 6) is 1.79. The minimum Gasteiger partial charge on any atom is -0.506 e. The Morgan fingerprint density at radius 2 is 1.95 bits per heavy atom. The number of phenols is 1. The summed E-state index contributed by atoms with van der Waals surface area (Å²) in [5, 5.41) is 14.2. The number of phenolic OH excluding ortho intramolecular Hbond substituents is 1. The second-order valence-electron chi connectivity index (χ2n) is 4.95. The first-order valence-electron chi connectivity index (χ1n) is 6.91. The maximum atomic E-state index is 9.94. The fourth-order valence-electron chi connectivity index (χ4n) is 2.25. The van der Waals surface area contributed by atoms with E-state index in [1.165, 1.54) is 10.4 Å². The maximum absolute atomic E-state index is 9.94. The number of benzene rings is 1. The third-order valence-electron chi connectivity index (χ3n) is 3.55. The van der Waals surface area contributed by atoms with E-state index in [2.05, 4.69) is 29.1 Å². The number of aromatic hydroxyl groups is 1. The highest BCUT2D eigenvalue weighted by Crippen LogP contribution is 2.35. The number of anilines is 2. The van der Waals surface area contributed by atoms with Crippen LogP contribution in [0.4, 0.5) is 11.5 Å². The van der Waals surface area contributed by atoms with Gasteiger partial charge in [0.05, 0.1) is 11.1 Å². The number of nitrogens with zero attached hydrogens (tertiary/aromatic N) is 2. The van der Waals surface area contributed by atoms with Crippen molar-refractivity contribution in [1.29, 1.82) is 0 Å². The van der Waals surface area contributed by atoms with E-state index in [-0.39, 0.29) is 5.75 Å². The minimum atomic E-state index is 0.215. The fraction of sp³-hybridized carbons (Fsp3) is 0.250. The predicted molar refractivity (Wildman–Crippen MR) is 87.7 cm³/mol. The molecule has 2 N–H and O–H groups in total. The Morgan fingerprint density at radius 3 is 2.67 bits per heavy atom. The van der Waals surface area contributed by atoms with Gasteiger partial charge in [0, 0.05) is 11.3 Å². The van der Waals surface area contributed by atoms with Gasteiger partial charge in [0.15, 0.2) is 0 Å². The Labute approximate surface area is 127 Å². The Balaban J connectivity index is 2.18. The molecule has 5 heteroatoms. The van der Waals surface area contributed by atoms with Crippen molar-refractivity contribution in [2.75, 3.05) is 5.32 Å². The number of nitrogens with one attached hydrogen (secondary N) is 1. The molecule has 0 amide bonds. The van der Waals surface area contributed by atoms with Crippen molar-refractivity contribution in [3.8, 4) is 5.75 Å². The van der Waals surface area contributed by atoms with Crippen LogP contribution in [0.2, 0.25) is 0 Å². The molecule has 4 nitrogen and oxygen atoms in total. The summed E-state index contributed by atoms with van der Waals surface area (Å²) in [6.45, 7) is 6.22. The van der Waals surface area contributed by atoms with Gasteiger partial charge in [0.1, 0.15) is 22.2 Å². The van der Waals surface area contributed by atoms with E-state index in [9.17, 15) is 5.11 Å². The van der Waals surface area contributed by atoms with Crippen molar-refractivity contribution in [2.45, 2.75) is 27.2 Å². The number of hydrogen-bond donors (Lipinski definition) is 2. The van der Waals surface area contributed by atoms with E-state index in [0.29, 0.717) is 5.69 Å². The van der Waals surface area contributed by atoms with Crippen molar-refractivity contribution in [1.82, 2.24) is 9.97 Å². The molecule has 0 aliphatic carbocycles. The van der Waals surface area contributed by atoms with Gasteiger partial charge in [-0.1, -0.05) is 19.1 Å². The minimum absolute atomic E-state index is 0.215. The molecule has 0 spiro atoms. The van der Waals surface area contributed by atoms with Gasteiger partial charge in [-0.15, -0.1) is 11.3 Å². The second kappa shape index (κ2) is 5.33. The summed E-state index contributed by atoms with van der Waals surface area (Å²) < 4.78 is 0. The molecule has 0 fully saturated rings. The van der Waals surface area contributed by atoms with E-state index in [4.69, 9.17) is 0 Å². The molecule has 1 aromatic carbocycles. The standard InChI is InChI=1S/C16H17N3OS/c1-4-13-18-15(17-11-7-5-6-8-12(11)20)14-9(2)10(3)21-16(14)19-13/h5-8,20H,4H2,1-3H3,(H,17,18,19). The average molecular weight is 299 g/mol. The number of thiophene rings is 1. The highest BCUT2D eigenvalue weighted by atomic mass is 32.1. The van der Waals surface area contributed by atoms with Crippen LogP contribution in [0.15, 0.2) is 24.3 Å². The number of aromatic nitrogens is 2. The molecule has 2 aromatic heterocycles. The molecule has 0 aliphatic heterocycles. The van der Waals surface area contributed by atoms with Crippen LogP contribution in [0.1, 0.15) is 23.2 Å². The number of para-hydroxylation sites is 2. The zero-order valence-electron chi connectivity index (χ0n) is 12.3. The molecular formula is C16H17N3OS. The van der Waals surface area contributed by atoms with E-state index < -0.39 is 0 Å². The Kier molecular flexibility index (Phi) is 3.51. The maximum Gasteiger partial charge on any atom is 0.143 e. The summed E-state index contributed by atoms with van der Waals surface area (Å²) in [6, 6.07) is 7.18.